The monoisotopic (exact) mass is 235 g/mol. The van der Waals surface area contributed by atoms with E-state index >= 15 is 0 Å². The third-order valence-electron chi connectivity index (χ3n) is 3.85. The zero-order valence-corrected chi connectivity index (χ0v) is 11.3. The molecule has 0 aromatic carbocycles. The summed E-state index contributed by atoms with van der Waals surface area (Å²) in [6.07, 6.45) is 8.12. The Bertz CT molecular complexity index is 343. The largest absolute Gasteiger partial charge is 0.331 e. The average Bonchev–Trinajstić information content (AvgIpc) is 2.87. The molecule has 1 saturated carbocycles. The summed E-state index contributed by atoms with van der Waals surface area (Å²) < 4.78 is 2.24. The number of aromatic nitrogens is 2. The first-order valence-electron chi connectivity index (χ1n) is 6.88. The van der Waals surface area contributed by atoms with Gasteiger partial charge in [0.15, 0.2) is 0 Å². The Morgan fingerprint density at radius 2 is 2.29 bits per heavy atom. The van der Waals surface area contributed by atoms with Crippen molar-refractivity contribution in [3.63, 3.8) is 0 Å². The van der Waals surface area contributed by atoms with Crippen LogP contribution in [-0.2, 0) is 6.54 Å². The van der Waals surface area contributed by atoms with E-state index in [0.717, 1.165) is 24.9 Å². The van der Waals surface area contributed by atoms with Crippen molar-refractivity contribution in [3.05, 3.63) is 18.2 Å². The maximum atomic E-state index is 4.23. The van der Waals surface area contributed by atoms with Crippen LogP contribution in [0.25, 0.3) is 0 Å². The Balaban J connectivity index is 1.76. The molecular weight excluding hydrogens is 210 g/mol. The van der Waals surface area contributed by atoms with Crippen LogP contribution in [0.5, 0.6) is 0 Å². The second-order valence-corrected chi connectivity index (χ2v) is 5.80. The second kappa shape index (κ2) is 5.67. The average molecular weight is 235 g/mol. The van der Waals surface area contributed by atoms with Gasteiger partial charge in [-0.25, -0.2) is 4.98 Å². The molecule has 1 heterocycles. The molecule has 0 amide bonds. The van der Waals surface area contributed by atoms with E-state index < -0.39 is 0 Å². The van der Waals surface area contributed by atoms with Gasteiger partial charge < -0.3 is 9.88 Å². The smallest absolute Gasteiger partial charge is 0.0951 e. The molecule has 0 saturated heterocycles. The van der Waals surface area contributed by atoms with Crippen molar-refractivity contribution in [2.24, 2.45) is 11.8 Å². The SMILES string of the molecule is CC1CCC(CNCc2cncn2C(C)C)C1. The van der Waals surface area contributed by atoms with E-state index in [0.29, 0.717) is 6.04 Å². The van der Waals surface area contributed by atoms with Gasteiger partial charge in [0, 0.05) is 18.8 Å². The Kier molecular flexibility index (Phi) is 4.21. The fraction of sp³-hybridized carbons (Fsp3) is 0.786. The minimum Gasteiger partial charge on any atom is -0.331 e. The molecule has 1 aliphatic rings. The molecule has 1 aromatic heterocycles. The molecule has 2 rings (SSSR count). The molecule has 3 nitrogen and oxygen atoms in total. The highest BCUT2D eigenvalue weighted by atomic mass is 15.1. The predicted molar refractivity (Wildman–Crippen MR) is 70.8 cm³/mol. The molecule has 2 atom stereocenters. The highest BCUT2D eigenvalue weighted by molar-refractivity contribution is 4.99. The van der Waals surface area contributed by atoms with Crippen LogP contribution < -0.4 is 5.32 Å². The Labute approximate surface area is 105 Å². The van der Waals surface area contributed by atoms with Crippen LogP contribution in [0.3, 0.4) is 0 Å². The van der Waals surface area contributed by atoms with E-state index in [1.54, 1.807) is 0 Å². The lowest BCUT2D eigenvalue weighted by Crippen LogP contribution is -2.22. The van der Waals surface area contributed by atoms with Crippen LogP contribution in [-0.4, -0.2) is 16.1 Å². The van der Waals surface area contributed by atoms with Crippen LogP contribution >= 0.6 is 0 Å². The third kappa shape index (κ3) is 3.32. The van der Waals surface area contributed by atoms with Crippen molar-refractivity contribution in [2.75, 3.05) is 6.54 Å². The van der Waals surface area contributed by atoms with Gasteiger partial charge in [-0.1, -0.05) is 13.3 Å². The maximum Gasteiger partial charge on any atom is 0.0951 e. The molecule has 1 N–H and O–H groups in total. The highest BCUT2D eigenvalue weighted by Gasteiger charge is 2.20. The van der Waals surface area contributed by atoms with Crippen molar-refractivity contribution >= 4 is 0 Å². The first-order valence-corrected chi connectivity index (χ1v) is 6.88. The summed E-state index contributed by atoms with van der Waals surface area (Å²) in [5.41, 5.74) is 1.30. The van der Waals surface area contributed by atoms with E-state index in [4.69, 9.17) is 0 Å². The number of hydrogen-bond acceptors (Lipinski definition) is 2. The quantitative estimate of drug-likeness (QED) is 0.850. The zero-order chi connectivity index (χ0) is 12.3. The molecule has 0 aliphatic heterocycles. The first-order chi connectivity index (χ1) is 8.16. The van der Waals surface area contributed by atoms with Gasteiger partial charge in [-0.15, -0.1) is 0 Å². The van der Waals surface area contributed by atoms with Gasteiger partial charge in [0.2, 0.25) is 0 Å². The Morgan fingerprint density at radius 3 is 2.94 bits per heavy atom. The van der Waals surface area contributed by atoms with Gasteiger partial charge >= 0.3 is 0 Å². The van der Waals surface area contributed by atoms with Crippen molar-refractivity contribution in [3.8, 4) is 0 Å². The van der Waals surface area contributed by atoms with Crippen molar-refractivity contribution < 1.29 is 0 Å². The topological polar surface area (TPSA) is 29.9 Å². The normalized spacial score (nSPS) is 24.7. The molecule has 96 valence electrons. The van der Waals surface area contributed by atoms with Crippen LogP contribution in [0, 0.1) is 11.8 Å². The number of nitrogens with one attached hydrogen (secondary N) is 1. The molecule has 2 unspecified atom stereocenters. The molecule has 0 bridgehead atoms. The van der Waals surface area contributed by atoms with E-state index in [9.17, 15) is 0 Å². The van der Waals surface area contributed by atoms with Crippen molar-refractivity contribution in [1.82, 2.24) is 14.9 Å². The summed E-state index contributed by atoms with van der Waals surface area (Å²) in [5.74, 6) is 1.82. The summed E-state index contributed by atoms with van der Waals surface area (Å²) in [6, 6.07) is 0.501. The van der Waals surface area contributed by atoms with E-state index in [-0.39, 0.29) is 0 Å². The maximum absolute atomic E-state index is 4.23. The van der Waals surface area contributed by atoms with Gasteiger partial charge in [0.1, 0.15) is 0 Å². The van der Waals surface area contributed by atoms with Crippen LogP contribution in [0.4, 0.5) is 0 Å². The fourth-order valence-corrected chi connectivity index (χ4v) is 2.85. The van der Waals surface area contributed by atoms with Crippen LogP contribution in [0.1, 0.15) is 51.8 Å². The van der Waals surface area contributed by atoms with Gasteiger partial charge in [0.05, 0.1) is 12.0 Å². The number of nitrogens with zero attached hydrogens (tertiary/aromatic N) is 2. The molecule has 1 aliphatic carbocycles. The van der Waals surface area contributed by atoms with Crippen molar-refractivity contribution in [1.29, 1.82) is 0 Å². The number of hydrogen-bond donors (Lipinski definition) is 1. The van der Waals surface area contributed by atoms with E-state index in [1.165, 1.54) is 25.0 Å². The lowest BCUT2D eigenvalue weighted by atomic mass is 10.1. The molecule has 0 radical (unpaired) electrons. The fourth-order valence-electron chi connectivity index (χ4n) is 2.85. The number of rotatable bonds is 5. The number of imidazole rings is 1. The lowest BCUT2D eigenvalue weighted by Gasteiger charge is -2.14. The zero-order valence-electron chi connectivity index (χ0n) is 11.3. The van der Waals surface area contributed by atoms with Gasteiger partial charge in [0.25, 0.3) is 0 Å². The van der Waals surface area contributed by atoms with Gasteiger partial charge in [-0.2, -0.15) is 0 Å². The summed E-state index contributed by atoms with van der Waals surface area (Å²) in [7, 11) is 0. The van der Waals surface area contributed by atoms with Crippen molar-refractivity contribution in [2.45, 2.75) is 52.6 Å². The third-order valence-corrected chi connectivity index (χ3v) is 3.85. The molecule has 1 fully saturated rings. The standard InChI is InChI=1S/C14H25N3/c1-11(2)17-10-16-9-14(17)8-15-7-13-5-4-12(3)6-13/h9-13,15H,4-8H2,1-3H3. The van der Waals surface area contributed by atoms with Gasteiger partial charge in [-0.3, -0.25) is 0 Å². The first kappa shape index (κ1) is 12.6. The van der Waals surface area contributed by atoms with Crippen LogP contribution in [0.15, 0.2) is 12.5 Å². The molecule has 3 heteroatoms. The summed E-state index contributed by atoms with van der Waals surface area (Å²) in [6.45, 7) is 8.87. The molecule has 0 spiro atoms. The summed E-state index contributed by atoms with van der Waals surface area (Å²) in [5, 5.41) is 3.58. The summed E-state index contributed by atoms with van der Waals surface area (Å²) in [4.78, 5) is 4.23. The molecule has 1 aromatic rings. The lowest BCUT2D eigenvalue weighted by molar-refractivity contribution is 0.460. The van der Waals surface area contributed by atoms with Gasteiger partial charge in [-0.05, 0) is 45.1 Å². The Hall–Kier alpha value is -0.830. The molecular formula is C14H25N3. The minimum atomic E-state index is 0.501. The predicted octanol–water partition coefficient (Wildman–Crippen LogP) is 2.99. The summed E-state index contributed by atoms with van der Waals surface area (Å²) >= 11 is 0. The second-order valence-electron chi connectivity index (χ2n) is 5.80. The van der Waals surface area contributed by atoms with Crippen LogP contribution in [0.2, 0.25) is 0 Å². The molecule has 17 heavy (non-hydrogen) atoms. The van der Waals surface area contributed by atoms with E-state index in [1.807, 2.05) is 12.5 Å². The Morgan fingerprint density at radius 1 is 1.47 bits per heavy atom. The van der Waals surface area contributed by atoms with E-state index in [2.05, 4.69) is 35.6 Å². The highest BCUT2D eigenvalue weighted by Crippen LogP contribution is 2.29. The minimum absolute atomic E-state index is 0.501.